The maximum atomic E-state index is 12.5. The Hall–Kier alpha value is -1.33. The summed E-state index contributed by atoms with van der Waals surface area (Å²) in [6.45, 7) is 0. The summed E-state index contributed by atoms with van der Waals surface area (Å²) in [4.78, 5) is 12.8. The van der Waals surface area contributed by atoms with E-state index in [1.807, 2.05) is 0 Å². The van der Waals surface area contributed by atoms with Crippen LogP contribution in [0.1, 0.15) is 23.3 Å². The van der Waals surface area contributed by atoms with Crippen LogP contribution in [0.3, 0.4) is 0 Å². The third kappa shape index (κ3) is 1.21. The van der Waals surface area contributed by atoms with Crippen LogP contribution < -0.4 is 0 Å². The first-order chi connectivity index (χ1) is 6.56. The number of hydrogen-bond acceptors (Lipinski definition) is 3. The Morgan fingerprint density at radius 3 is 2.64 bits per heavy atom. The number of rotatable bonds is 3. The number of carbonyl (C=O) groups excluding carboxylic acids is 1. The highest BCUT2D eigenvalue weighted by atomic mass is 19.3. The van der Waals surface area contributed by atoms with Crippen molar-refractivity contribution < 1.29 is 13.6 Å². The van der Waals surface area contributed by atoms with Crippen molar-refractivity contribution >= 4 is 5.78 Å². The van der Waals surface area contributed by atoms with Gasteiger partial charge >= 0.3 is 0 Å². The number of aromatic nitrogens is 3. The Morgan fingerprint density at radius 1 is 1.64 bits per heavy atom. The Morgan fingerprint density at radius 2 is 2.29 bits per heavy atom. The van der Waals surface area contributed by atoms with Gasteiger partial charge < -0.3 is 0 Å². The lowest BCUT2D eigenvalue weighted by atomic mass is 10.00. The average molecular weight is 201 g/mol. The van der Waals surface area contributed by atoms with Crippen molar-refractivity contribution in [3.8, 4) is 0 Å². The summed E-state index contributed by atoms with van der Waals surface area (Å²) in [7, 11) is 1.54. The first-order valence-electron chi connectivity index (χ1n) is 4.25. The van der Waals surface area contributed by atoms with Gasteiger partial charge in [-0.05, 0) is 12.8 Å². The average Bonchev–Trinajstić information content (AvgIpc) is 2.84. The minimum Gasteiger partial charge on any atom is -0.291 e. The number of aryl methyl sites for hydroxylation is 1. The highest BCUT2D eigenvalue weighted by molar-refractivity contribution is 6.00. The highest BCUT2D eigenvalue weighted by Gasteiger charge is 2.58. The molecule has 0 unspecified atom stereocenters. The molecule has 6 heteroatoms. The summed E-state index contributed by atoms with van der Waals surface area (Å²) in [5, 5.41) is 7.40. The molecule has 0 atom stereocenters. The topological polar surface area (TPSA) is 47.8 Å². The molecule has 76 valence electrons. The van der Waals surface area contributed by atoms with Crippen LogP contribution in [-0.2, 0) is 7.05 Å². The summed E-state index contributed by atoms with van der Waals surface area (Å²) >= 11 is 0. The van der Waals surface area contributed by atoms with E-state index in [0.717, 1.165) is 0 Å². The van der Waals surface area contributed by atoms with Crippen LogP contribution in [0.4, 0.5) is 8.78 Å². The van der Waals surface area contributed by atoms with Gasteiger partial charge in [-0.1, -0.05) is 0 Å². The molecule has 1 heterocycles. The van der Waals surface area contributed by atoms with Gasteiger partial charge in [0.15, 0.2) is 5.78 Å². The lowest BCUT2D eigenvalue weighted by Crippen LogP contribution is -2.24. The fourth-order valence-electron chi connectivity index (χ4n) is 1.38. The van der Waals surface area contributed by atoms with Gasteiger partial charge in [-0.2, -0.15) is 15.0 Å². The zero-order valence-electron chi connectivity index (χ0n) is 7.57. The van der Waals surface area contributed by atoms with E-state index < -0.39 is 17.6 Å². The number of halogens is 2. The normalized spacial score (nSPS) is 18.6. The van der Waals surface area contributed by atoms with Crippen molar-refractivity contribution in [1.29, 1.82) is 0 Å². The Balaban J connectivity index is 2.25. The molecular formula is C8H9F2N3O. The van der Waals surface area contributed by atoms with Gasteiger partial charge in [-0.25, -0.2) is 8.78 Å². The largest absolute Gasteiger partial charge is 0.291 e. The standard InChI is InChI=1S/C8H9F2N3O/c1-13-11-4-5(12-13)6(14)8(2-3-8)7(9)10/h4,7H,2-3H2,1H3. The van der Waals surface area contributed by atoms with E-state index in [4.69, 9.17) is 0 Å². The zero-order chi connectivity index (χ0) is 10.3. The molecule has 1 saturated carbocycles. The van der Waals surface area contributed by atoms with Crippen molar-refractivity contribution in [2.24, 2.45) is 12.5 Å². The van der Waals surface area contributed by atoms with Crippen LogP contribution in [0.5, 0.6) is 0 Å². The first kappa shape index (κ1) is 9.23. The molecule has 0 spiro atoms. The van der Waals surface area contributed by atoms with Crippen molar-refractivity contribution in [2.75, 3.05) is 0 Å². The first-order valence-corrected chi connectivity index (χ1v) is 4.25. The van der Waals surface area contributed by atoms with Crippen molar-refractivity contribution in [1.82, 2.24) is 15.0 Å². The number of Topliss-reactive ketones (excluding diaryl/α,β-unsaturated/α-hetero) is 1. The van der Waals surface area contributed by atoms with Crippen molar-refractivity contribution in [2.45, 2.75) is 19.3 Å². The fourth-order valence-corrected chi connectivity index (χ4v) is 1.38. The number of ketones is 1. The summed E-state index contributed by atoms with van der Waals surface area (Å²) in [5.41, 5.74) is -1.43. The molecule has 0 radical (unpaired) electrons. The highest BCUT2D eigenvalue weighted by Crippen LogP contribution is 2.52. The van der Waals surface area contributed by atoms with Crippen LogP contribution in [0, 0.1) is 5.41 Å². The second kappa shape index (κ2) is 2.83. The van der Waals surface area contributed by atoms with Crippen LogP contribution in [0.25, 0.3) is 0 Å². The fraction of sp³-hybridized carbons (Fsp3) is 0.625. The monoisotopic (exact) mass is 201 g/mol. The van der Waals surface area contributed by atoms with Gasteiger partial charge in [0.25, 0.3) is 6.43 Å². The Kier molecular flexibility index (Phi) is 1.87. The van der Waals surface area contributed by atoms with Gasteiger partial charge in [-0.15, -0.1) is 0 Å². The maximum absolute atomic E-state index is 12.5. The molecule has 0 N–H and O–H groups in total. The lowest BCUT2D eigenvalue weighted by Gasteiger charge is -2.09. The minimum atomic E-state index is -2.60. The van der Waals surface area contributed by atoms with Gasteiger partial charge in [0.05, 0.1) is 11.6 Å². The second-order valence-electron chi connectivity index (χ2n) is 3.51. The molecule has 0 bridgehead atoms. The summed E-state index contributed by atoms with van der Waals surface area (Å²) < 4.78 is 25.1. The Bertz CT molecular complexity index is 370. The van der Waals surface area contributed by atoms with Crippen LogP contribution in [-0.4, -0.2) is 27.2 Å². The van der Waals surface area contributed by atoms with Gasteiger partial charge in [-0.3, -0.25) is 4.79 Å². The van der Waals surface area contributed by atoms with E-state index in [2.05, 4.69) is 10.2 Å². The molecule has 0 aliphatic heterocycles. The van der Waals surface area contributed by atoms with Crippen LogP contribution in [0.2, 0.25) is 0 Å². The predicted octanol–water partition coefficient (Wildman–Crippen LogP) is 1.04. The van der Waals surface area contributed by atoms with Gasteiger partial charge in [0, 0.05) is 7.05 Å². The van der Waals surface area contributed by atoms with Gasteiger partial charge in [0.2, 0.25) is 0 Å². The van der Waals surface area contributed by atoms with Crippen molar-refractivity contribution in [3.05, 3.63) is 11.9 Å². The molecule has 1 aliphatic carbocycles. The van der Waals surface area contributed by atoms with E-state index in [9.17, 15) is 13.6 Å². The van der Waals surface area contributed by atoms with E-state index in [0.29, 0.717) is 0 Å². The minimum absolute atomic E-state index is 0.0327. The molecule has 1 fully saturated rings. The quantitative estimate of drug-likeness (QED) is 0.686. The summed E-state index contributed by atoms with van der Waals surface area (Å²) in [6.07, 6.45) is -0.873. The van der Waals surface area contributed by atoms with E-state index in [1.165, 1.54) is 11.0 Å². The third-order valence-electron chi connectivity index (χ3n) is 2.49. The summed E-state index contributed by atoms with van der Waals surface area (Å²) in [6, 6.07) is 0. The molecule has 0 amide bonds. The molecule has 1 aliphatic rings. The third-order valence-corrected chi connectivity index (χ3v) is 2.49. The Labute approximate surface area is 78.9 Å². The van der Waals surface area contributed by atoms with Crippen LogP contribution >= 0.6 is 0 Å². The number of hydrogen-bond donors (Lipinski definition) is 0. The number of nitrogens with zero attached hydrogens (tertiary/aromatic N) is 3. The van der Waals surface area contributed by atoms with Crippen molar-refractivity contribution in [3.63, 3.8) is 0 Å². The smallest absolute Gasteiger partial charge is 0.251 e. The molecule has 0 aromatic carbocycles. The van der Waals surface area contributed by atoms with Gasteiger partial charge in [0.1, 0.15) is 5.69 Å². The molecule has 2 rings (SSSR count). The summed E-state index contributed by atoms with van der Waals surface area (Å²) in [5.74, 6) is -0.583. The lowest BCUT2D eigenvalue weighted by molar-refractivity contribution is 0.0467. The van der Waals surface area contributed by atoms with Crippen LogP contribution in [0.15, 0.2) is 6.20 Å². The SMILES string of the molecule is Cn1ncc(C(=O)C2(C(F)F)CC2)n1. The maximum Gasteiger partial charge on any atom is 0.251 e. The molecule has 4 nitrogen and oxygen atoms in total. The number of alkyl halides is 2. The predicted molar refractivity (Wildman–Crippen MR) is 43.0 cm³/mol. The van der Waals surface area contributed by atoms with E-state index >= 15 is 0 Å². The molecule has 1 aromatic heterocycles. The zero-order valence-corrected chi connectivity index (χ0v) is 7.57. The number of carbonyl (C=O) groups is 1. The van der Waals surface area contributed by atoms with E-state index in [1.54, 1.807) is 7.05 Å². The molecule has 0 saturated heterocycles. The molecule has 1 aromatic rings. The van der Waals surface area contributed by atoms with E-state index in [-0.39, 0.29) is 18.5 Å². The second-order valence-corrected chi connectivity index (χ2v) is 3.51. The molecule has 14 heavy (non-hydrogen) atoms. The molecular weight excluding hydrogens is 192 g/mol.